The Morgan fingerprint density at radius 3 is 2.46 bits per heavy atom. The minimum absolute atomic E-state index is 0.0582. The second-order valence-corrected chi connectivity index (χ2v) is 11.4. The van der Waals surface area contributed by atoms with Gasteiger partial charge in [-0.25, -0.2) is 13.4 Å². The Kier molecular flexibility index (Phi) is 8.75. The van der Waals surface area contributed by atoms with E-state index in [9.17, 15) is 22.0 Å². The third-order valence-corrected chi connectivity index (χ3v) is 8.34. The van der Waals surface area contributed by atoms with Gasteiger partial charge in [-0.15, -0.1) is 0 Å². The molecule has 1 heterocycles. The summed E-state index contributed by atoms with van der Waals surface area (Å²) in [6.45, 7) is -1.73. The number of halogens is 4. The summed E-state index contributed by atoms with van der Waals surface area (Å²) in [5, 5.41) is 3.06. The molecule has 1 unspecified atom stereocenters. The third-order valence-electron chi connectivity index (χ3n) is 5.92. The number of para-hydroxylation sites is 1. The van der Waals surface area contributed by atoms with Gasteiger partial charge in [0, 0.05) is 18.2 Å². The average molecular weight is 598 g/mol. The number of aromatic nitrogens is 2. The minimum Gasteiger partial charge on any atom is -0.434 e. The predicted octanol–water partition coefficient (Wildman–Crippen LogP) is 5.71. The summed E-state index contributed by atoms with van der Waals surface area (Å²) in [7, 11) is -2.06. The molecule has 0 saturated heterocycles. The molecule has 4 aromatic rings. The summed E-state index contributed by atoms with van der Waals surface area (Å²) >= 11 is 13.3. The van der Waals surface area contributed by atoms with E-state index < -0.39 is 28.5 Å². The molecule has 0 aliphatic rings. The molecule has 0 spiro atoms. The molecule has 1 amide bonds. The number of imidazole rings is 1. The molecular weight excluding hydrogens is 575 g/mol. The molecule has 0 aliphatic heterocycles. The zero-order chi connectivity index (χ0) is 28.3. The standard InChI is InChI=1S/C26H23Cl2F2N3O5S/c1-3-39(35,36)16-10-8-15(9-11-16)25(32-21(34)13-37-2)33-14-31-24-19(33)12-18(27)22(23(24)28)17-6-4-5-7-20(17)38-26(29)30/h4-12,14,25-26H,3,13H2,1-2H3,(H,32,34). The van der Waals surface area contributed by atoms with E-state index >= 15 is 0 Å². The third kappa shape index (κ3) is 6.01. The van der Waals surface area contributed by atoms with Gasteiger partial charge in [0.1, 0.15) is 24.0 Å². The first kappa shape index (κ1) is 28.8. The van der Waals surface area contributed by atoms with Crippen LogP contribution in [0.2, 0.25) is 10.0 Å². The second-order valence-electron chi connectivity index (χ2n) is 8.32. The fraction of sp³-hybridized carbons (Fsp3) is 0.231. The SMILES string of the molecule is CCS(=O)(=O)c1ccc(C(NC(=O)COC)n2cnc3c(Cl)c(-c4ccccc4OC(F)F)c(Cl)cc32)cc1. The maximum atomic E-state index is 13.0. The molecular formula is C26H23Cl2F2N3O5S. The van der Waals surface area contributed by atoms with Gasteiger partial charge in [0.25, 0.3) is 0 Å². The molecule has 0 fully saturated rings. The van der Waals surface area contributed by atoms with Crippen molar-refractivity contribution in [3.8, 4) is 16.9 Å². The number of nitrogens with one attached hydrogen (secondary N) is 1. The number of methoxy groups -OCH3 is 1. The van der Waals surface area contributed by atoms with Crippen LogP contribution in [-0.4, -0.2) is 50.0 Å². The molecule has 4 rings (SSSR count). The van der Waals surface area contributed by atoms with Crippen molar-refractivity contribution in [3.05, 3.63) is 76.5 Å². The number of benzene rings is 3. The maximum absolute atomic E-state index is 13.0. The Hall–Kier alpha value is -3.25. The first-order valence-corrected chi connectivity index (χ1v) is 14.0. The molecule has 39 heavy (non-hydrogen) atoms. The first-order valence-electron chi connectivity index (χ1n) is 11.6. The van der Waals surface area contributed by atoms with Crippen molar-refractivity contribution in [3.63, 3.8) is 0 Å². The van der Waals surface area contributed by atoms with E-state index in [0.717, 1.165) is 0 Å². The zero-order valence-corrected chi connectivity index (χ0v) is 23.0. The van der Waals surface area contributed by atoms with E-state index in [1.807, 2.05) is 0 Å². The number of ether oxygens (including phenoxy) is 2. The van der Waals surface area contributed by atoms with Crippen LogP contribution < -0.4 is 10.1 Å². The summed E-state index contributed by atoms with van der Waals surface area (Å²) < 4.78 is 61.8. The Labute approximate surface area is 233 Å². The molecule has 0 aliphatic carbocycles. The molecule has 0 radical (unpaired) electrons. The van der Waals surface area contributed by atoms with Gasteiger partial charge >= 0.3 is 6.61 Å². The van der Waals surface area contributed by atoms with Crippen molar-refractivity contribution in [2.75, 3.05) is 19.5 Å². The number of amides is 1. The number of alkyl halides is 2. The smallest absolute Gasteiger partial charge is 0.387 e. The minimum atomic E-state index is -3.43. The number of carbonyl (C=O) groups is 1. The lowest BCUT2D eigenvalue weighted by atomic mass is 10.0. The average Bonchev–Trinajstić information content (AvgIpc) is 3.32. The van der Waals surface area contributed by atoms with Gasteiger partial charge in [0.05, 0.1) is 32.5 Å². The van der Waals surface area contributed by atoms with Gasteiger partial charge in [-0.1, -0.05) is 60.5 Å². The fourth-order valence-electron chi connectivity index (χ4n) is 4.09. The highest BCUT2D eigenvalue weighted by atomic mass is 35.5. The highest BCUT2D eigenvalue weighted by Gasteiger charge is 2.24. The number of rotatable bonds is 10. The van der Waals surface area contributed by atoms with Crippen molar-refractivity contribution in [2.45, 2.75) is 24.6 Å². The Morgan fingerprint density at radius 1 is 1.13 bits per heavy atom. The Balaban J connectivity index is 1.85. The van der Waals surface area contributed by atoms with Crippen LogP contribution in [0.4, 0.5) is 8.78 Å². The number of hydrogen-bond donors (Lipinski definition) is 1. The van der Waals surface area contributed by atoms with Crippen LogP contribution in [0.5, 0.6) is 5.75 Å². The quantitative estimate of drug-likeness (QED) is 0.251. The Bertz CT molecular complexity index is 1610. The van der Waals surface area contributed by atoms with Crippen LogP contribution in [0, 0.1) is 0 Å². The number of carbonyl (C=O) groups excluding carboxylic acids is 1. The highest BCUT2D eigenvalue weighted by molar-refractivity contribution is 7.91. The topological polar surface area (TPSA) is 99.5 Å². The molecule has 8 nitrogen and oxygen atoms in total. The number of hydrogen-bond acceptors (Lipinski definition) is 6. The summed E-state index contributed by atoms with van der Waals surface area (Å²) in [6, 6.07) is 13.7. The molecule has 206 valence electrons. The number of sulfone groups is 1. The van der Waals surface area contributed by atoms with Crippen LogP contribution in [0.25, 0.3) is 22.2 Å². The molecule has 13 heteroatoms. The van der Waals surface area contributed by atoms with E-state index in [4.69, 9.17) is 27.9 Å². The van der Waals surface area contributed by atoms with Gasteiger partial charge in [-0.3, -0.25) is 4.79 Å². The Morgan fingerprint density at radius 2 is 1.82 bits per heavy atom. The molecule has 0 bridgehead atoms. The monoisotopic (exact) mass is 597 g/mol. The van der Waals surface area contributed by atoms with Crippen molar-refractivity contribution >= 4 is 50.0 Å². The summed E-state index contributed by atoms with van der Waals surface area (Å²) in [4.78, 5) is 17.1. The highest BCUT2D eigenvalue weighted by Crippen LogP contribution is 2.44. The molecule has 1 atom stereocenters. The van der Waals surface area contributed by atoms with Crippen molar-refractivity contribution in [2.24, 2.45) is 0 Å². The summed E-state index contributed by atoms with van der Waals surface area (Å²) in [6.07, 6.45) is 0.593. The first-order chi connectivity index (χ1) is 18.6. The lowest BCUT2D eigenvalue weighted by Gasteiger charge is -2.22. The largest absolute Gasteiger partial charge is 0.434 e. The van der Waals surface area contributed by atoms with Gasteiger partial charge in [-0.05, 0) is 29.8 Å². The van der Waals surface area contributed by atoms with E-state index in [2.05, 4.69) is 15.0 Å². The second kappa shape index (κ2) is 11.9. The predicted molar refractivity (Wildman–Crippen MR) is 144 cm³/mol. The van der Waals surface area contributed by atoms with Crippen LogP contribution >= 0.6 is 23.2 Å². The fourth-order valence-corrected chi connectivity index (χ4v) is 5.67. The van der Waals surface area contributed by atoms with E-state index in [1.165, 1.54) is 31.6 Å². The zero-order valence-electron chi connectivity index (χ0n) is 20.7. The van der Waals surface area contributed by atoms with Crippen LogP contribution in [0.3, 0.4) is 0 Å². The number of nitrogens with zero attached hydrogens (tertiary/aromatic N) is 2. The van der Waals surface area contributed by atoms with Crippen molar-refractivity contribution in [1.82, 2.24) is 14.9 Å². The van der Waals surface area contributed by atoms with Gasteiger partial charge < -0.3 is 19.4 Å². The normalized spacial score (nSPS) is 12.6. The summed E-state index contributed by atoms with van der Waals surface area (Å²) in [5.41, 5.74) is 1.76. The van der Waals surface area contributed by atoms with Gasteiger partial charge in [0.15, 0.2) is 9.84 Å². The molecule has 1 N–H and O–H groups in total. The van der Waals surface area contributed by atoms with Crippen LogP contribution in [-0.2, 0) is 19.4 Å². The van der Waals surface area contributed by atoms with Crippen molar-refractivity contribution in [1.29, 1.82) is 0 Å². The lowest BCUT2D eigenvalue weighted by Crippen LogP contribution is -2.35. The number of fused-ring (bicyclic) bond motifs is 1. The maximum Gasteiger partial charge on any atom is 0.387 e. The lowest BCUT2D eigenvalue weighted by molar-refractivity contribution is -0.125. The van der Waals surface area contributed by atoms with E-state index in [1.54, 1.807) is 47.9 Å². The molecule has 0 saturated carbocycles. The van der Waals surface area contributed by atoms with Crippen LogP contribution in [0.1, 0.15) is 18.7 Å². The van der Waals surface area contributed by atoms with E-state index in [0.29, 0.717) is 16.6 Å². The van der Waals surface area contributed by atoms with Gasteiger partial charge in [0.2, 0.25) is 5.91 Å². The molecule has 3 aromatic carbocycles. The van der Waals surface area contributed by atoms with E-state index in [-0.39, 0.29) is 44.2 Å². The summed E-state index contributed by atoms with van der Waals surface area (Å²) in [5.74, 6) is -0.611. The van der Waals surface area contributed by atoms with Crippen molar-refractivity contribution < 1.29 is 31.5 Å². The van der Waals surface area contributed by atoms with Crippen LogP contribution in [0.15, 0.2) is 65.8 Å². The molecule has 1 aromatic heterocycles. The van der Waals surface area contributed by atoms with Gasteiger partial charge in [-0.2, -0.15) is 8.78 Å².